The molecule has 0 saturated carbocycles. The Labute approximate surface area is 214 Å². The molecule has 0 saturated heterocycles. The number of hydrogen-bond donors (Lipinski definition) is 0. The van der Waals surface area contributed by atoms with Crippen LogP contribution in [0.2, 0.25) is 10.0 Å². The first-order valence-electron chi connectivity index (χ1n) is 11.1. The van der Waals surface area contributed by atoms with E-state index in [1.165, 1.54) is 17.7 Å². The molecule has 0 bridgehead atoms. The first-order chi connectivity index (χ1) is 16.9. The van der Waals surface area contributed by atoms with Gasteiger partial charge in [-0.1, -0.05) is 53.6 Å². The lowest BCUT2D eigenvalue weighted by atomic mass is 10.1. The highest BCUT2D eigenvalue weighted by Gasteiger charge is 2.15. The summed E-state index contributed by atoms with van der Waals surface area (Å²) in [5.41, 5.74) is 2.50. The molecular formula is C27H27Cl2NO5. The van der Waals surface area contributed by atoms with E-state index in [-0.39, 0.29) is 17.2 Å². The predicted molar refractivity (Wildman–Crippen MR) is 139 cm³/mol. The second-order valence-electron chi connectivity index (χ2n) is 7.61. The third kappa shape index (κ3) is 6.68. The third-order valence-electron chi connectivity index (χ3n) is 5.29. The fraction of sp³-hybridized carbons (Fsp3) is 0.259. The summed E-state index contributed by atoms with van der Waals surface area (Å²) in [5.74, 6) is 0.745. The van der Waals surface area contributed by atoms with E-state index in [1.807, 2.05) is 56.3 Å². The second kappa shape index (κ2) is 12.5. The number of nitrogens with zero attached hydrogens (tertiary/aromatic N) is 1. The Morgan fingerprint density at radius 1 is 1.00 bits per heavy atom. The molecule has 0 aliphatic heterocycles. The number of carbonyl (C=O) groups excluding carboxylic acids is 1. The van der Waals surface area contributed by atoms with Crippen molar-refractivity contribution in [3.8, 4) is 11.5 Å². The molecule has 35 heavy (non-hydrogen) atoms. The molecule has 1 aromatic heterocycles. The average molecular weight is 516 g/mol. The molecule has 0 aliphatic rings. The van der Waals surface area contributed by atoms with Crippen molar-refractivity contribution in [1.29, 1.82) is 0 Å². The normalized spacial score (nSPS) is 11.0. The first kappa shape index (κ1) is 26.4. The minimum atomic E-state index is -0.404. The summed E-state index contributed by atoms with van der Waals surface area (Å²) < 4.78 is 18.0. The van der Waals surface area contributed by atoms with E-state index < -0.39 is 5.97 Å². The first-order valence-corrected chi connectivity index (χ1v) is 11.9. The van der Waals surface area contributed by atoms with Crippen LogP contribution in [0.15, 0.2) is 59.4 Å². The van der Waals surface area contributed by atoms with E-state index in [1.54, 1.807) is 12.1 Å². The van der Waals surface area contributed by atoms with Gasteiger partial charge in [0.15, 0.2) is 11.5 Å². The van der Waals surface area contributed by atoms with Crippen molar-refractivity contribution in [1.82, 2.24) is 4.57 Å². The molecule has 0 aliphatic carbocycles. The highest BCUT2D eigenvalue weighted by atomic mass is 35.5. The molecule has 3 rings (SSSR count). The number of halogens is 2. The topological polar surface area (TPSA) is 66.8 Å². The van der Waals surface area contributed by atoms with Crippen LogP contribution in [0.1, 0.15) is 41.0 Å². The smallest absolute Gasteiger partial charge is 0.337 e. The fourth-order valence-electron chi connectivity index (χ4n) is 3.54. The Hall–Kier alpha value is -3.22. The number of hydrogen-bond acceptors (Lipinski definition) is 5. The van der Waals surface area contributed by atoms with Crippen LogP contribution >= 0.6 is 23.2 Å². The zero-order valence-electron chi connectivity index (χ0n) is 19.8. The average Bonchev–Trinajstić information content (AvgIpc) is 2.86. The van der Waals surface area contributed by atoms with Crippen molar-refractivity contribution in [2.24, 2.45) is 0 Å². The van der Waals surface area contributed by atoms with Crippen molar-refractivity contribution >= 4 is 35.2 Å². The molecule has 0 spiro atoms. The van der Waals surface area contributed by atoms with E-state index in [4.69, 9.17) is 37.4 Å². The van der Waals surface area contributed by atoms with E-state index in [9.17, 15) is 9.59 Å². The van der Waals surface area contributed by atoms with Crippen LogP contribution in [0.3, 0.4) is 0 Å². The summed E-state index contributed by atoms with van der Waals surface area (Å²) in [6, 6.07) is 14.1. The van der Waals surface area contributed by atoms with Gasteiger partial charge in [0.2, 0.25) is 0 Å². The van der Waals surface area contributed by atoms with Crippen molar-refractivity contribution in [2.75, 3.05) is 13.7 Å². The van der Waals surface area contributed by atoms with Crippen LogP contribution in [0.4, 0.5) is 0 Å². The van der Waals surface area contributed by atoms with Gasteiger partial charge in [0, 0.05) is 6.54 Å². The lowest BCUT2D eigenvalue weighted by molar-refractivity contribution is 0.0600. The molecule has 0 atom stereocenters. The minimum absolute atomic E-state index is 0.0323. The van der Waals surface area contributed by atoms with Gasteiger partial charge in [0.05, 0.1) is 30.0 Å². The zero-order valence-corrected chi connectivity index (χ0v) is 21.4. The molecule has 2 aromatic carbocycles. The molecule has 184 valence electrons. The highest BCUT2D eigenvalue weighted by Crippen LogP contribution is 2.31. The molecular weight excluding hydrogens is 489 g/mol. The summed E-state index contributed by atoms with van der Waals surface area (Å²) in [5, 5.41) is 0.364. The highest BCUT2D eigenvalue weighted by molar-refractivity contribution is 6.34. The number of pyridine rings is 1. The molecule has 0 unspecified atom stereocenters. The number of methoxy groups -OCH3 is 1. The van der Waals surface area contributed by atoms with Gasteiger partial charge in [-0.25, -0.2) is 4.79 Å². The summed E-state index contributed by atoms with van der Waals surface area (Å²) in [4.78, 5) is 24.5. The fourth-order valence-corrected chi connectivity index (χ4v) is 4.07. The number of esters is 1. The van der Waals surface area contributed by atoms with E-state index in [2.05, 4.69) is 0 Å². The standard InChI is InChI=1S/C27H27Cl2NO5/c1-4-6-19-9-12-24(34-5-2)25(15-19)35-17-23-21(28)16-22(29)26(31)30(23)14-13-18-7-10-20(11-8-18)27(32)33-3/h4,6-12,15-16H,5,13-14,17H2,1-3H3. The Balaban J connectivity index is 1.86. The molecule has 0 radical (unpaired) electrons. The number of aryl methyl sites for hydroxylation is 1. The SMILES string of the molecule is CC=Cc1ccc(OCC)c(OCc2c(Cl)cc(Cl)c(=O)n2CCc2ccc(C(=O)OC)cc2)c1. The number of benzene rings is 2. The molecule has 0 N–H and O–H groups in total. The minimum Gasteiger partial charge on any atom is -0.490 e. The maximum atomic E-state index is 12.9. The number of allylic oxidation sites excluding steroid dienone is 1. The third-order valence-corrected chi connectivity index (χ3v) is 5.89. The summed E-state index contributed by atoms with van der Waals surface area (Å²) >= 11 is 12.6. The Kier molecular flexibility index (Phi) is 9.40. The summed E-state index contributed by atoms with van der Waals surface area (Å²) in [6.45, 7) is 4.69. The molecule has 6 nitrogen and oxygen atoms in total. The van der Waals surface area contributed by atoms with Gasteiger partial charge in [0.1, 0.15) is 11.6 Å². The van der Waals surface area contributed by atoms with Crippen LogP contribution in [-0.2, 0) is 24.3 Å². The Bertz CT molecular complexity index is 1270. The summed E-state index contributed by atoms with van der Waals surface area (Å²) in [7, 11) is 1.34. The van der Waals surface area contributed by atoms with Gasteiger partial charge in [-0.05, 0) is 61.7 Å². The van der Waals surface area contributed by atoms with Gasteiger partial charge in [0.25, 0.3) is 5.56 Å². The lowest BCUT2D eigenvalue weighted by Crippen LogP contribution is -2.26. The van der Waals surface area contributed by atoms with Crippen molar-refractivity contribution in [3.63, 3.8) is 0 Å². The van der Waals surface area contributed by atoms with Gasteiger partial charge in [-0.15, -0.1) is 0 Å². The maximum Gasteiger partial charge on any atom is 0.337 e. The van der Waals surface area contributed by atoms with Crippen molar-refractivity contribution in [3.05, 3.63) is 97.4 Å². The number of carbonyl (C=O) groups is 1. The van der Waals surface area contributed by atoms with Crippen molar-refractivity contribution < 1.29 is 19.0 Å². The quantitative estimate of drug-likeness (QED) is 0.301. The van der Waals surface area contributed by atoms with Crippen molar-refractivity contribution in [2.45, 2.75) is 33.4 Å². The second-order valence-corrected chi connectivity index (χ2v) is 8.42. The van der Waals surface area contributed by atoms with Gasteiger partial charge >= 0.3 is 5.97 Å². The summed E-state index contributed by atoms with van der Waals surface area (Å²) in [6.07, 6.45) is 4.41. The lowest BCUT2D eigenvalue weighted by Gasteiger charge is -2.18. The van der Waals surface area contributed by atoms with Crippen LogP contribution in [0, 0.1) is 0 Å². The van der Waals surface area contributed by atoms with E-state index >= 15 is 0 Å². The maximum absolute atomic E-state index is 12.9. The van der Waals surface area contributed by atoms with Crippen LogP contribution in [0.5, 0.6) is 11.5 Å². The Morgan fingerprint density at radius 2 is 1.74 bits per heavy atom. The molecule has 1 heterocycles. The van der Waals surface area contributed by atoms with Gasteiger partial charge < -0.3 is 18.8 Å². The number of rotatable bonds is 10. The van der Waals surface area contributed by atoms with E-state index in [0.717, 1.165) is 11.1 Å². The van der Waals surface area contributed by atoms with Crippen LogP contribution in [0.25, 0.3) is 6.08 Å². The Morgan fingerprint density at radius 3 is 2.40 bits per heavy atom. The molecule has 8 heteroatoms. The zero-order chi connectivity index (χ0) is 25.4. The monoisotopic (exact) mass is 515 g/mol. The molecule has 3 aromatic rings. The molecule has 0 amide bonds. The van der Waals surface area contributed by atoms with Crippen LogP contribution in [-0.4, -0.2) is 24.3 Å². The largest absolute Gasteiger partial charge is 0.490 e. The predicted octanol–water partition coefficient (Wildman–Crippen LogP) is 6.20. The molecule has 0 fully saturated rings. The number of aromatic nitrogens is 1. The van der Waals surface area contributed by atoms with E-state index in [0.29, 0.717) is 47.4 Å². The number of ether oxygens (including phenoxy) is 3. The van der Waals surface area contributed by atoms with Crippen LogP contribution < -0.4 is 15.0 Å². The van der Waals surface area contributed by atoms with Gasteiger partial charge in [-0.2, -0.15) is 0 Å². The van der Waals surface area contributed by atoms with Gasteiger partial charge in [-0.3, -0.25) is 4.79 Å².